The number of hydrogen-bond donors (Lipinski definition) is 0. The van der Waals surface area contributed by atoms with Crippen LogP contribution in [0.1, 0.15) is 138 Å². The number of imide groups is 1. The first-order chi connectivity index (χ1) is 26.1. The zero-order chi connectivity index (χ0) is 42.1. The maximum absolute atomic E-state index is 11.6. The van der Waals surface area contributed by atoms with Crippen LogP contribution in [0.5, 0.6) is 0 Å². The van der Waals surface area contributed by atoms with Crippen LogP contribution in [-0.2, 0) is 47.1 Å². The second-order valence-corrected chi connectivity index (χ2v) is 19.3. The van der Waals surface area contributed by atoms with Gasteiger partial charge in [0.1, 0.15) is 5.78 Å². The predicted molar refractivity (Wildman–Crippen MR) is 235 cm³/mol. The van der Waals surface area contributed by atoms with E-state index in [-0.39, 0.29) is 36.5 Å². The number of hydrogen-bond acceptors (Lipinski definition) is 8. The van der Waals surface area contributed by atoms with Crippen molar-refractivity contribution in [3.05, 3.63) is 46.5 Å². The van der Waals surface area contributed by atoms with Gasteiger partial charge in [-0.3, -0.25) is 24.0 Å². The molecule has 3 atom stereocenters. The van der Waals surface area contributed by atoms with Crippen molar-refractivity contribution in [2.45, 2.75) is 142 Å². The van der Waals surface area contributed by atoms with Gasteiger partial charge in [0, 0.05) is 32.4 Å². The molecule has 1 aromatic carbocycles. The number of amides is 2. The van der Waals surface area contributed by atoms with Crippen LogP contribution in [0.3, 0.4) is 0 Å². The van der Waals surface area contributed by atoms with Gasteiger partial charge in [-0.15, -0.1) is 5.10 Å². The third-order valence-corrected chi connectivity index (χ3v) is 11.2. The van der Waals surface area contributed by atoms with Gasteiger partial charge in [0.15, 0.2) is 0 Å². The number of aryl methyl sites for hydroxylation is 2. The molecule has 3 unspecified atom stereocenters. The lowest BCUT2D eigenvalue weighted by Gasteiger charge is -2.28. The SMILES string of the molecule is C.CC(C)C(=O)C1CCN(C)CC1.CC1Cc2nnn(C)c2CC(C)C1.CN1C(=O)CC(C(C)(C)C)C1=O.Cc1ccc2nc(CC(C)C)c(CC(C)C)nc2c1. The fraction of sp³-hybridized carbons (Fsp3) is 0.723. The maximum atomic E-state index is 11.6. The van der Waals surface area contributed by atoms with Crippen molar-refractivity contribution >= 4 is 28.6 Å². The van der Waals surface area contributed by atoms with Gasteiger partial charge in [-0.25, -0.2) is 9.97 Å². The lowest BCUT2D eigenvalue weighted by Crippen LogP contribution is -2.34. The van der Waals surface area contributed by atoms with E-state index in [0.717, 1.165) is 74.5 Å². The Kier molecular flexibility index (Phi) is 19.2. The van der Waals surface area contributed by atoms with Crippen molar-refractivity contribution in [1.82, 2.24) is 34.8 Å². The monoisotopic (exact) mass is 790 g/mol. The van der Waals surface area contributed by atoms with E-state index >= 15 is 0 Å². The molecule has 2 aliphatic heterocycles. The Morgan fingerprint density at radius 3 is 1.84 bits per heavy atom. The Morgan fingerprint density at radius 2 is 1.37 bits per heavy atom. The summed E-state index contributed by atoms with van der Waals surface area (Å²) in [4.78, 5) is 47.4. The molecule has 10 nitrogen and oxygen atoms in total. The average molecular weight is 790 g/mol. The van der Waals surface area contributed by atoms with E-state index in [1.54, 1.807) is 7.05 Å². The van der Waals surface area contributed by atoms with Crippen LogP contribution in [-0.4, -0.2) is 79.5 Å². The normalized spacial score (nSPS) is 20.2. The number of carbonyl (C=O) groups excluding carboxylic acids is 3. The van der Waals surface area contributed by atoms with E-state index in [2.05, 4.69) is 88.9 Å². The number of carbonyl (C=O) groups is 3. The molecule has 2 fully saturated rings. The van der Waals surface area contributed by atoms with E-state index in [1.807, 2.05) is 46.3 Å². The molecule has 3 aliphatic rings. The first kappa shape index (κ1) is 49.6. The Bertz CT molecular complexity index is 1750. The summed E-state index contributed by atoms with van der Waals surface area (Å²) < 4.78 is 1.93. The number of Topliss-reactive ketones (excluding diaryl/α,β-unsaturated/α-hetero) is 1. The summed E-state index contributed by atoms with van der Waals surface area (Å²) in [6.45, 7) is 27.8. The largest absolute Gasteiger partial charge is 0.306 e. The molecule has 57 heavy (non-hydrogen) atoms. The summed E-state index contributed by atoms with van der Waals surface area (Å²) in [7, 11) is 5.67. The van der Waals surface area contributed by atoms with E-state index in [4.69, 9.17) is 9.97 Å². The number of benzene rings is 1. The topological polar surface area (TPSA) is 114 Å². The van der Waals surface area contributed by atoms with Gasteiger partial charge in [0.25, 0.3) is 0 Å². The quantitative estimate of drug-likeness (QED) is 0.180. The van der Waals surface area contributed by atoms with Gasteiger partial charge in [0.2, 0.25) is 11.8 Å². The first-order valence-corrected chi connectivity index (χ1v) is 21.2. The summed E-state index contributed by atoms with van der Waals surface area (Å²) in [5.41, 5.74) is 8.13. The minimum atomic E-state index is -0.130. The summed E-state index contributed by atoms with van der Waals surface area (Å²) in [6, 6.07) is 6.32. The van der Waals surface area contributed by atoms with Crippen LogP contribution >= 0.6 is 0 Å². The van der Waals surface area contributed by atoms with E-state index in [0.29, 0.717) is 30.0 Å². The second kappa shape index (κ2) is 22.0. The average Bonchev–Trinajstić information content (AvgIpc) is 3.51. The molecule has 0 bridgehead atoms. The Balaban J connectivity index is 0.000000266. The number of piperidine rings is 1. The molecule has 0 saturated carbocycles. The zero-order valence-corrected chi connectivity index (χ0v) is 37.7. The smallest absolute Gasteiger partial charge is 0.233 e. The Labute approximate surface area is 346 Å². The molecule has 4 heterocycles. The van der Waals surface area contributed by atoms with E-state index in [1.165, 1.54) is 39.7 Å². The summed E-state index contributed by atoms with van der Waals surface area (Å²) in [6.07, 6.45) is 8.09. The Morgan fingerprint density at radius 1 is 0.825 bits per heavy atom. The molecule has 320 valence electrons. The summed E-state index contributed by atoms with van der Waals surface area (Å²) in [5, 5.41) is 8.29. The van der Waals surface area contributed by atoms with Gasteiger partial charge < -0.3 is 4.90 Å². The molecule has 6 rings (SSSR count). The highest BCUT2D eigenvalue weighted by molar-refractivity contribution is 6.03. The standard InChI is InChI=1S/C17H24N2.C10H17N3.C10H19NO.C9H15NO2.CH4/c1-11(2)8-15-16(9-12(3)4)19-17-10-13(5)6-7-14(17)18-15;1-7-4-8(2)6-10-9(5-7)11-12-13(10)3;1-8(2)10(12)9-4-6-11(3)7-5-9;1-9(2,3)6-5-7(11)10(4)8(6)12;/h6-7,10-12H,8-9H2,1-5H3;7-8H,4-6H2,1-3H3;8-9H,4-7H2,1-3H3;6H,5H2,1-4H3;1H4. The van der Waals surface area contributed by atoms with Crippen LogP contribution in [0.2, 0.25) is 0 Å². The predicted octanol–water partition coefficient (Wildman–Crippen LogP) is 9.14. The van der Waals surface area contributed by atoms with Gasteiger partial charge in [-0.2, -0.15) is 0 Å². The molecule has 10 heteroatoms. The molecule has 2 saturated heterocycles. The third-order valence-electron chi connectivity index (χ3n) is 11.2. The molecule has 0 spiro atoms. The zero-order valence-electron chi connectivity index (χ0n) is 37.7. The number of fused-ring (bicyclic) bond motifs is 2. The van der Waals surface area contributed by atoms with Gasteiger partial charge in [-0.1, -0.05) is 94.9 Å². The summed E-state index contributed by atoms with van der Waals surface area (Å²) in [5.74, 6) is 3.57. The van der Waals surface area contributed by atoms with E-state index in [9.17, 15) is 14.4 Å². The molecular weight excluding hydrogens is 711 g/mol. The molecule has 3 aromatic rings. The fourth-order valence-electron chi connectivity index (χ4n) is 7.88. The number of nitrogens with zero attached hydrogens (tertiary/aromatic N) is 7. The highest BCUT2D eigenvalue weighted by atomic mass is 16.2. The highest BCUT2D eigenvalue weighted by Crippen LogP contribution is 2.34. The van der Waals surface area contributed by atoms with Gasteiger partial charge >= 0.3 is 0 Å². The minimum absolute atomic E-state index is 0. The van der Waals surface area contributed by atoms with Crippen molar-refractivity contribution in [1.29, 1.82) is 0 Å². The van der Waals surface area contributed by atoms with E-state index < -0.39 is 0 Å². The number of aromatic nitrogens is 5. The molecule has 0 radical (unpaired) electrons. The minimum Gasteiger partial charge on any atom is -0.306 e. The second-order valence-electron chi connectivity index (χ2n) is 19.3. The van der Waals surface area contributed by atoms with Crippen LogP contribution < -0.4 is 0 Å². The van der Waals surface area contributed by atoms with Crippen molar-refractivity contribution in [2.75, 3.05) is 27.2 Å². The molecule has 1 aliphatic carbocycles. The Hall–Kier alpha value is -3.53. The highest BCUT2D eigenvalue weighted by Gasteiger charge is 2.42. The molecule has 2 amide bonds. The van der Waals surface area contributed by atoms with Crippen LogP contribution in [0.25, 0.3) is 11.0 Å². The number of ketones is 1. The van der Waals surface area contributed by atoms with Gasteiger partial charge in [0.05, 0.1) is 39.7 Å². The molecular formula is C47H79N7O3. The van der Waals surface area contributed by atoms with Crippen molar-refractivity contribution < 1.29 is 14.4 Å². The summed E-state index contributed by atoms with van der Waals surface area (Å²) >= 11 is 0. The maximum Gasteiger partial charge on any atom is 0.233 e. The van der Waals surface area contributed by atoms with Crippen LogP contribution in [0.4, 0.5) is 0 Å². The first-order valence-electron chi connectivity index (χ1n) is 21.2. The van der Waals surface area contributed by atoms with Crippen molar-refractivity contribution in [3.8, 4) is 0 Å². The third kappa shape index (κ3) is 15.0. The molecule has 2 aromatic heterocycles. The number of rotatable bonds is 6. The van der Waals surface area contributed by atoms with Crippen molar-refractivity contribution in [3.63, 3.8) is 0 Å². The van der Waals surface area contributed by atoms with Crippen molar-refractivity contribution in [2.24, 2.45) is 53.9 Å². The van der Waals surface area contributed by atoms with Crippen LogP contribution in [0.15, 0.2) is 18.2 Å². The molecule has 0 N–H and O–H groups in total. The lowest BCUT2D eigenvalue weighted by molar-refractivity contribution is -0.138. The lowest BCUT2D eigenvalue weighted by atomic mass is 9.80. The fourth-order valence-corrected chi connectivity index (χ4v) is 7.88. The van der Waals surface area contributed by atoms with Crippen LogP contribution in [0, 0.1) is 53.8 Å². The van der Waals surface area contributed by atoms with Gasteiger partial charge in [-0.05, 0) is 119 Å². The number of likely N-dealkylation sites (tertiary alicyclic amines) is 2.